The van der Waals surface area contributed by atoms with Crippen molar-refractivity contribution in [1.29, 1.82) is 0 Å². The lowest BCUT2D eigenvalue weighted by atomic mass is 9.91. The van der Waals surface area contributed by atoms with Crippen LogP contribution in [-0.2, 0) is 0 Å². The Kier molecular flexibility index (Phi) is 6.11. The quantitative estimate of drug-likeness (QED) is 0.182. The average molecular weight is 627 g/mol. The molecule has 0 N–H and O–H groups in total. The van der Waals surface area contributed by atoms with Crippen molar-refractivity contribution in [2.75, 3.05) is 0 Å². The Morgan fingerprint density at radius 3 is 1.78 bits per heavy atom. The van der Waals surface area contributed by atoms with E-state index >= 15 is 0 Å². The zero-order valence-electron chi connectivity index (χ0n) is 26.2. The summed E-state index contributed by atoms with van der Waals surface area (Å²) in [5.74, 6) is 1.80. The van der Waals surface area contributed by atoms with Crippen molar-refractivity contribution in [3.8, 4) is 45.3 Å². The van der Waals surface area contributed by atoms with Crippen LogP contribution in [0.1, 0.15) is 0 Å². The molecule has 0 fully saturated rings. The topological polar surface area (TPSA) is 64.7 Å². The first kappa shape index (κ1) is 27.4. The van der Waals surface area contributed by atoms with Crippen LogP contribution in [0.4, 0.5) is 0 Å². The number of furan rings is 1. The molecule has 10 aromatic rings. The van der Waals surface area contributed by atoms with Gasteiger partial charge in [0.25, 0.3) is 0 Å². The zero-order chi connectivity index (χ0) is 32.3. The van der Waals surface area contributed by atoms with Gasteiger partial charge in [0.05, 0.1) is 5.52 Å². The lowest BCUT2D eigenvalue weighted by molar-refractivity contribution is 0.669. The maximum atomic E-state index is 6.72. The van der Waals surface area contributed by atoms with Gasteiger partial charge < -0.3 is 4.42 Å². The van der Waals surface area contributed by atoms with Crippen molar-refractivity contribution < 1.29 is 4.42 Å². The molecule has 3 aromatic heterocycles. The van der Waals surface area contributed by atoms with E-state index in [1.807, 2.05) is 72.9 Å². The Morgan fingerprint density at radius 1 is 0.388 bits per heavy atom. The minimum absolute atomic E-state index is 0.577. The Bertz CT molecular complexity index is 2820. The molecule has 0 bridgehead atoms. The number of benzene rings is 7. The molecular formula is C44H26N4O. The van der Waals surface area contributed by atoms with Gasteiger partial charge in [-0.3, -0.25) is 4.98 Å². The van der Waals surface area contributed by atoms with E-state index in [0.717, 1.165) is 60.7 Å². The molecule has 0 aliphatic carbocycles. The van der Waals surface area contributed by atoms with Crippen molar-refractivity contribution in [3.05, 3.63) is 158 Å². The third-order valence-corrected chi connectivity index (χ3v) is 9.32. The number of hydrogen-bond acceptors (Lipinski definition) is 5. The first-order valence-electron chi connectivity index (χ1n) is 16.3. The summed E-state index contributed by atoms with van der Waals surface area (Å²) in [4.78, 5) is 20.0. The van der Waals surface area contributed by atoms with Crippen LogP contribution in [0.15, 0.2) is 162 Å². The van der Waals surface area contributed by atoms with E-state index in [4.69, 9.17) is 19.4 Å². The molecular weight excluding hydrogens is 601 g/mol. The summed E-state index contributed by atoms with van der Waals surface area (Å²) >= 11 is 0. The standard InChI is InChI=1S/C44H26N4O/c1-3-12-27(13-4-1)42-46-43(28-14-5-2-6-15-28)48-44(47-42)37-23-31(35-22-29-16-7-8-18-32(29)33-19-9-10-20-34(33)35)25-40-41(37)36-26-38-30(17-11-21-45-38)24-39(36)49-40/h1-26H. The molecule has 5 heteroatoms. The molecule has 10 rings (SSSR count). The summed E-state index contributed by atoms with van der Waals surface area (Å²) in [7, 11) is 0. The third-order valence-electron chi connectivity index (χ3n) is 9.32. The largest absolute Gasteiger partial charge is 0.456 e. The van der Waals surface area contributed by atoms with Crippen LogP contribution >= 0.6 is 0 Å². The highest BCUT2D eigenvalue weighted by molar-refractivity contribution is 6.18. The number of fused-ring (bicyclic) bond motifs is 7. The Balaban J connectivity index is 1.33. The molecule has 0 unspecified atom stereocenters. The minimum atomic E-state index is 0.577. The molecule has 3 heterocycles. The first-order valence-corrected chi connectivity index (χ1v) is 16.3. The van der Waals surface area contributed by atoms with Crippen LogP contribution in [0.25, 0.3) is 99.7 Å². The van der Waals surface area contributed by atoms with Gasteiger partial charge in [0.15, 0.2) is 17.5 Å². The number of aromatic nitrogens is 4. The van der Waals surface area contributed by atoms with E-state index in [1.54, 1.807) is 0 Å². The van der Waals surface area contributed by atoms with E-state index in [9.17, 15) is 0 Å². The molecule has 0 saturated carbocycles. The summed E-state index contributed by atoms with van der Waals surface area (Å²) in [5.41, 5.74) is 7.30. The molecule has 5 nitrogen and oxygen atoms in total. The second-order valence-electron chi connectivity index (χ2n) is 12.3. The summed E-state index contributed by atoms with van der Waals surface area (Å²) in [5, 5.41) is 7.71. The summed E-state index contributed by atoms with van der Waals surface area (Å²) in [6.07, 6.45) is 1.82. The molecule has 0 saturated heterocycles. The Hall–Kier alpha value is -6.72. The van der Waals surface area contributed by atoms with Crippen LogP contribution in [-0.4, -0.2) is 19.9 Å². The lowest BCUT2D eigenvalue weighted by Crippen LogP contribution is -2.00. The van der Waals surface area contributed by atoms with Crippen molar-refractivity contribution in [2.45, 2.75) is 0 Å². The first-order chi connectivity index (χ1) is 24.3. The van der Waals surface area contributed by atoms with Gasteiger partial charge in [0, 0.05) is 39.0 Å². The Morgan fingerprint density at radius 2 is 1.02 bits per heavy atom. The molecule has 0 spiro atoms. The fourth-order valence-corrected chi connectivity index (χ4v) is 7.03. The molecule has 228 valence electrons. The second kappa shape index (κ2) is 10.9. The highest BCUT2D eigenvalue weighted by Crippen LogP contribution is 2.43. The van der Waals surface area contributed by atoms with Gasteiger partial charge in [-0.1, -0.05) is 115 Å². The highest BCUT2D eigenvalue weighted by Gasteiger charge is 2.21. The van der Waals surface area contributed by atoms with Gasteiger partial charge in [0.1, 0.15) is 11.2 Å². The van der Waals surface area contributed by atoms with Crippen LogP contribution in [0.3, 0.4) is 0 Å². The number of pyridine rings is 1. The van der Waals surface area contributed by atoms with Gasteiger partial charge >= 0.3 is 0 Å². The summed E-state index contributed by atoms with van der Waals surface area (Å²) in [6, 6.07) is 52.2. The third kappa shape index (κ3) is 4.55. The average Bonchev–Trinajstić information content (AvgIpc) is 3.54. The maximum Gasteiger partial charge on any atom is 0.164 e. The highest BCUT2D eigenvalue weighted by atomic mass is 16.3. The van der Waals surface area contributed by atoms with Crippen LogP contribution in [0, 0.1) is 0 Å². The molecule has 0 amide bonds. The van der Waals surface area contributed by atoms with Gasteiger partial charge in [-0.15, -0.1) is 0 Å². The smallest absolute Gasteiger partial charge is 0.164 e. The number of hydrogen-bond donors (Lipinski definition) is 0. The molecule has 0 atom stereocenters. The molecule has 49 heavy (non-hydrogen) atoms. The fraction of sp³-hybridized carbons (Fsp3) is 0. The molecule has 7 aromatic carbocycles. The predicted molar refractivity (Wildman–Crippen MR) is 199 cm³/mol. The van der Waals surface area contributed by atoms with Gasteiger partial charge in [-0.25, -0.2) is 15.0 Å². The van der Waals surface area contributed by atoms with E-state index in [0.29, 0.717) is 17.5 Å². The van der Waals surface area contributed by atoms with Gasteiger partial charge in [-0.2, -0.15) is 0 Å². The Labute approximate surface area is 281 Å². The van der Waals surface area contributed by atoms with Crippen molar-refractivity contribution in [3.63, 3.8) is 0 Å². The zero-order valence-corrected chi connectivity index (χ0v) is 26.2. The second-order valence-corrected chi connectivity index (χ2v) is 12.3. The summed E-state index contributed by atoms with van der Waals surface area (Å²) in [6.45, 7) is 0. The van der Waals surface area contributed by atoms with E-state index in [1.165, 1.54) is 21.5 Å². The van der Waals surface area contributed by atoms with Crippen LogP contribution in [0.2, 0.25) is 0 Å². The van der Waals surface area contributed by atoms with E-state index in [2.05, 4.69) is 89.9 Å². The lowest BCUT2D eigenvalue weighted by Gasteiger charge is -2.14. The molecule has 0 radical (unpaired) electrons. The summed E-state index contributed by atoms with van der Waals surface area (Å²) < 4.78 is 6.72. The minimum Gasteiger partial charge on any atom is -0.456 e. The van der Waals surface area contributed by atoms with Crippen LogP contribution in [0.5, 0.6) is 0 Å². The van der Waals surface area contributed by atoms with E-state index < -0.39 is 0 Å². The molecule has 0 aliphatic rings. The van der Waals surface area contributed by atoms with Crippen molar-refractivity contribution >= 4 is 54.4 Å². The molecule has 0 aliphatic heterocycles. The van der Waals surface area contributed by atoms with Crippen molar-refractivity contribution in [1.82, 2.24) is 19.9 Å². The van der Waals surface area contributed by atoms with Crippen LogP contribution < -0.4 is 0 Å². The van der Waals surface area contributed by atoms with E-state index in [-0.39, 0.29) is 0 Å². The number of rotatable bonds is 4. The predicted octanol–water partition coefficient (Wildman–Crippen LogP) is 11.3. The number of nitrogens with zero attached hydrogens (tertiary/aromatic N) is 4. The van der Waals surface area contributed by atoms with Gasteiger partial charge in [-0.05, 0) is 69.1 Å². The SMILES string of the molecule is c1ccc(-c2nc(-c3ccccc3)nc(-c3cc(-c4cc5ccccc5c5ccccc45)cc4oc5cc6cccnc6cc5c34)n2)cc1. The monoisotopic (exact) mass is 626 g/mol. The van der Waals surface area contributed by atoms with Crippen molar-refractivity contribution in [2.24, 2.45) is 0 Å². The normalized spacial score (nSPS) is 11.7. The van der Waals surface area contributed by atoms with Gasteiger partial charge in [0.2, 0.25) is 0 Å². The fourth-order valence-electron chi connectivity index (χ4n) is 7.03. The maximum absolute atomic E-state index is 6.72.